The van der Waals surface area contributed by atoms with Gasteiger partial charge in [-0.1, -0.05) is 35.3 Å². The second kappa shape index (κ2) is 7.96. The van der Waals surface area contributed by atoms with Crippen molar-refractivity contribution in [3.63, 3.8) is 0 Å². The number of amides is 1. The first-order valence-electron chi connectivity index (χ1n) is 10.5. The molecule has 9 heteroatoms. The lowest BCUT2D eigenvalue weighted by molar-refractivity contribution is -0.121. The number of fused-ring (bicyclic) bond motifs is 1. The Balaban J connectivity index is 1.46. The fraction of sp³-hybridized carbons (Fsp3) is 0.409. The molecule has 2 heterocycles. The van der Waals surface area contributed by atoms with Crippen LogP contribution in [0.4, 0.5) is 11.4 Å². The zero-order valence-electron chi connectivity index (χ0n) is 16.9. The van der Waals surface area contributed by atoms with Crippen LogP contribution in [0.15, 0.2) is 47.4 Å². The van der Waals surface area contributed by atoms with Crippen molar-refractivity contribution in [3.05, 3.63) is 52.5 Å². The van der Waals surface area contributed by atoms with Crippen molar-refractivity contribution in [2.24, 2.45) is 0 Å². The molecule has 2 aromatic carbocycles. The number of sulfonamides is 1. The molecular weight excluding hydrogens is 457 g/mol. The minimum atomic E-state index is -3.96. The molecule has 0 bridgehead atoms. The summed E-state index contributed by atoms with van der Waals surface area (Å²) in [6.07, 6.45) is 3.47. The molecular formula is C22H23Cl2N3O3S. The summed E-state index contributed by atoms with van der Waals surface area (Å²) in [6.45, 7) is 1.59. The minimum absolute atomic E-state index is 0.0553. The smallest absolute Gasteiger partial charge is 0.245 e. The molecule has 6 nitrogen and oxygen atoms in total. The van der Waals surface area contributed by atoms with Crippen LogP contribution in [0.5, 0.6) is 0 Å². The van der Waals surface area contributed by atoms with Gasteiger partial charge >= 0.3 is 0 Å². The Bertz CT molecular complexity index is 1140. The molecule has 2 fully saturated rings. The van der Waals surface area contributed by atoms with Crippen LogP contribution in [0.3, 0.4) is 0 Å². The molecule has 0 unspecified atom stereocenters. The number of anilines is 2. The Labute approximate surface area is 192 Å². The highest BCUT2D eigenvalue weighted by Crippen LogP contribution is 2.41. The monoisotopic (exact) mass is 479 g/mol. The summed E-state index contributed by atoms with van der Waals surface area (Å²) in [6, 6.07) is 12.1. The maximum Gasteiger partial charge on any atom is 0.245 e. The highest BCUT2D eigenvalue weighted by molar-refractivity contribution is 7.89. The third kappa shape index (κ3) is 3.71. The van der Waals surface area contributed by atoms with Gasteiger partial charge in [0.25, 0.3) is 0 Å². The Morgan fingerprint density at radius 2 is 1.68 bits per heavy atom. The van der Waals surface area contributed by atoms with E-state index in [1.165, 1.54) is 29.3 Å². The number of hydrogen-bond acceptors (Lipinski definition) is 4. The van der Waals surface area contributed by atoms with Crippen LogP contribution >= 0.6 is 23.2 Å². The second-order valence-corrected chi connectivity index (χ2v) is 11.0. The number of carbonyl (C=O) groups excluding carboxylic acids is 1. The number of carbonyl (C=O) groups is 1. The van der Waals surface area contributed by atoms with Crippen molar-refractivity contribution in [2.75, 3.05) is 29.4 Å². The standard InChI is InChI=1S/C22H23Cl2N3O3S/c23-15-7-10-17(24)21(14-15)31(29,30)27-11-3-6-20(27)22(28)26-13-12-25(16-8-9-16)18-4-1-2-5-19(18)26/h1-2,4-5,7,10,14,16,20H,3,6,8-9,11-13H2/t20-/m0/s1. The number of para-hydroxylation sites is 2. The quantitative estimate of drug-likeness (QED) is 0.660. The highest BCUT2D eigenvalue weighted by Gasteiger charge is 2.44. The van der Waals surface area contributed by atoms with Gasteiger partial charge in [0, 0.05) is 30.7 Å². The summed E-state index contributed by atoms with van der Waals surface area (Å²) in [5, 5.41) is 0.390. The summed E-state index contributed by atoms with van der Waals surface area (Å²) in [7, 11) is -3.96. The van der Waals surface area contributed by atoms with E-state index in [4.69, 9.17) is 23.2 Å². The molecule has 2 aromatic rings. The molecule has 2 aliphatic heterocycles. The molecule has 1 saturated carbocycles. The van der Waals surface area contributed by atoms with Gasteiger partial charge in [0.1, 0.15) is 10.9 Å². The van der Waals surface area contributed by atoms with Crippen LogP contribution in [0, 0.1) is 0 Å². The Hall–Kier alpha value is -1.80. The van der Waals surface area contributed by atoms with Crippen molar-refractivity contribution in [3.8, 4) is 0 Å². The van der Waals surface area contributed by atoms with Gasteiger partial charge in [-0.3, -0.25) is 4.79 Å². The van der Waals surface area contributed by atoms with Crippen LogP contribution < -0.4 is 9.80 Å². The average Bonchev–Trinajstić information content (AvgIpc) is 3.48. The van der Waals surface area contributed by atoms with Gasteiger partial charge in [0.2, 0.25) is 15.9 Å². The predicted molar refractivity (Wildman–Crippen MR) is 123 cm³/mol. The van der Waals surface area contributed by atoms with Crippen molar-refractivity contribution in [2.45, 2.75) is 42.7 Å². The molecule has 164 valence electrons. The third-order valence-corrected chi connectivity index (χ3v) is 8.89. The first-order chi connectivity index (χ1) is 14.9. The zero-order chi connectivity index (χ0) is 21.8. The molecule has 1 aliphatic carbocycles. The van der Waals surface area contributed by atoms with E-state index in [1.807, 2.05) is 24.3 Å². The lowest BCUT2D eigenvalue weighted by Crippen LogP contribution is -2.52. The molecule has 31 heavy (non-hydrogen) atoms. The Morgan fingerprint density at radius 3 is 2.42 bits per heavy atom. The first kappa shape index (κ1) is 21.1. The SMILES string of the molecule is O=C([C@@H]1CCCN1S(=O)(=O)c1cc(Cl)ccc1Cl)N1CCN(C2CC2)c2ccccc21. The van der Waals surface area contributed by atoms with Gasteiger partial charge in [0.05, 0.1) is 16.4 Å². The molecule has 3 aliphatic rings. The summed E-state index contributed by atoms with van der Waals surface area (Å²) >= 11 is 12.2. The topological polar surface area (TPSA) is 60.9 Å². The van der Waals surface area contributed by atoms with E-state index in [2.05, 4.69) is 4.90 Å². The molecule has 1 amide bonds. The van der Waals surface area contributed by atoms with E-state index in [9.17, 15) is 13.2 Å². The van der Waals surface area contributed by atoms with Crippen LogP contribution in [-0.2, 0) is 14.8 Å². The molecule has 0 N–H and O–H groups in total. The van der Waals surface area contributed by atoms with Gasteiger partial charge in [-0.2, -0.15) is 4.31 Å². The maximum atomic E-state index is 13.6. The van der Waals surface area contributed by atoms with Crippen LogP contribution in [0.1, 0.15) is 25.7 Å². The minimum Gasteiger partial charge on any atom is -0.365 e. The molecule has 0 radical (unpaired) electrons. The number of nitrogens with zero attached hydrogens (tertiary/aromatic N) is 3. The van der Waals surface area contributed by atoms with Crippen molar-refractivity contribution >= 4 is 50.5 Å². The molecule has 0 aromatic heterocycles. The van der Waals surface area contributed by atoms with Crippen LogP contribution in [0.25, 0.3) is 0 Å². The highest BCUT2D eigenvalue weighted by atomic mass is 35.5. The maximum absolute atomic E-state index is 13.6. The fourth-order valence-corrected chi connectivity index (χ4v) is 7.02. The van der Waals surface area contributed by atoms with Crippen molar-refractivity contribution in [1.82, 2.24) is 4.31 Å². The van der Waals surface area contributed by atoms with Crippen LogP contribution in [-0.4, -0.2) is 50.3 Å². The van der Waals surface area contributed by atoms with Crippen molar-refractivity contribution in [1.29, 1.82) is 0 Å². The Morgan fingerprint density at radius 1 is 0.935 bits per heavy atom. The molecule has 1 saturated heterocycles. The number of rotatable bonds is 4. The lowest BCUT2D eigenvalue weighted by Gasteiger charge is -2.39. The van der Waals surface area contributed by atoms with E-state index in [0.29, 0.717) is 25.4 Å². The van der Waals surface area contributed by atoms with E-state index in [1.54, 1.807) is 11.0 Å². The van der Waals surface area contributed by atoms with E-state index >= 15 is 0 Å². The van der Waals surface area contributed by atoms with Gasteiger partial charge in [-0.15, -0.1) is 0 Å². The fourth-order valence-electron chi connectivity index (χ4n) is 4.63. The third-order valence-electron chi connectivity index (χ3n) is 6.27. The average molecular weight is 480 g/mol. The lowest BCUT2D eigenvalue weighted by atomic mass is 10.1. The summed E-state index contributed by atoms with van der Waals surface area (Å²) in [5.74, 6) is -0.179. The van der Waals surface area contributed by atoms with Gasteiger partial charge < -0.3 is 9.80 Å². The number of benzene rings is 2. The summed E-state index contributed by atoms with van der Waals surface area (Å²) in [4.78, 5) is 17.7. The van der Waals surface area contributed by atoms with Gasteiger partial charge in [-0.25, -0.2) is 8.42 Å². The number of halogens is 2. The molecule has 5 rings (SSSR count). The van der Waals surface area contributed by atoms with E-state index in [0.717, 1.165) is 17.9 Å². The summed E-state index contributed by atoms with van der Waals surface area (Å²) in [5.41, 5.74) is 1.91. The molecule has 1 atom stereocenters. The largest absolute Gasteiger partial charge is 0.365 e. The molecule has 0 spiro atoms. The van der Waals surface area contributed by atoms with Gasteiger partial charge in [0.15, 0.2) is 0 Å². The van der Waals surface area contributed by atoms with Gasteiger partial charge in [-0.05, 0) is 56.0 Å². The van der Waals surface area contributed by atoms with Crippen molar-refractivity contribution < 1.29 is 13.2 Å². The second-order valence-electron chi connectivity index (χ2n) is 8.25. The zero-order valence-corrected chi connectivity index (χ0v) is 19.2. The van der Waals surface area contributed by atoms with E-state index in [-0.39, 0.29) is 27.4 Å². The first-order valence-corrected chi connectivity index (χ1v) is 12.7. The van der Waals surface area contributed by atoms with E-state index < -0.39 is 16.1 Å². The number of hydrogen-bond donors (Lipinski definition) is 0. The summed E-state index contributed by atoms with van der Waals surface area (Å²) < 4.78 is 28.1. The Kier molecular flexibility index (Phi) is 5.41. The predicted octanol–water partition coefficient (Wildman–Crippen LogP) is 4.16. The normalized spacial score (nSPS) is 21.9. The van der Waals surface area contributed by atoms with Crippen LogP contribution in [0.2, 0.25) is 10.0 Å².